The van der Waals surface area contributed by atoms with E-state index in [2.05, 4.69) is 0 Å². The number of aliphatic carboxylic acids is 1. The standard InChI is InChI=1S/C10H8F3NO3/c1-4(10(16)17)14-9(15)5-2-6(11)8(13)7(12)3-5/h2-4H,1H3,(H,14,15)(H,16,17)/t4-/m1/s1. The molecule has 0 saturated heterocycles. The van der Waals surface area contributed by atoms with Crippen LogP contribution in [0.1, 0.15) is 17.3 Å². The smallest absolute Gasteiger partial charge is 0.325 e. The summed E-state index contributed by atoms with van der Waals surface area (Å²) in [5, 5.41) is 10.5. The summed E-state index contributed by atoms with van der Waals surface area (Å²) in [5.41, 5.74) is -0.491. The van der Waals surface area contributed by atoms with Crippen LogP contribution in [0.5, 0.6) is 0 Å². The summed E-state index contributed by atoms with van der Waals surface area (Å²) in [6, 6.07) is -0.247. The van der Waals surface area contributed by atoms with Crippen molar-refractivity contribution in [3.05, 3.63) is 35.1 Å². The minimum absolute atomic E-state index is 0.488. The number of hydrogen-bond acceptors (Lipinski definition) is 2. The highest BCUT2D eigenvalue weighted by Gasteiger charge is 2.18. The lowest BCUT2D eigenvalue weighted by molar-refractivity contribution is -0.138. The van der Waals surface area contributed by atoms with E-state index in [9.17, 15) is 22.8 Å². The fourth-order valence-electron chi connectivity index (χ4n) is 1.03. The molecule has 1 aromatic carbocycles. The molecule has 7 heteroatoms. The Morgan fingerprint density at radius 1 is 1.24 bits per heavy atom. The molecule has 0 saturated carbocycles. The van der Waals surface area contributed by atoms with Crippen molar-refractivity contribution in [2.45, 2.75) is 13.0 Å². The molecule has 0 bridgehead atoms. The van der Waals surface area contributed by atoms with Crippen LogP contribution >= 0.6 is 0 Å². The number of nitrogens with one attached hydrogen (secondary N) is 1. The molecule has 1 rings (SSSR count). The molecule has 0 fully saturated rings. The number of benzene rings is 1. The van der Waals surface area contributed by atoms with Gasteiger partial charge in [0.1, 0.15) is 6.04 Å². The maximum absolute atomic E-state index is 12.8. The van der Waals surface area contributed by atoms with E-state index in [0.717, 1.165) is 0 Å². The zero-order valence-electron chi connectivity index (χ0n) is 8.63. The summed E-state index contributed by atoms with van der Waals surface area (Å²) in [5.74, 6) is -7.02. The monoisotopic (exact) mass is 247 g/mol. The van der Waals surface area contributed by atoms with E-state index >= 15 is 0 Å². The van der Waals surface area contributed by atoms with Crippen LogP contribution < -0.4 is 5.32 Å². The van der Waals surface area contributed by atoms with Gasteiger partial charge in [-0.1, -0.05) is 0 Å². The molecule has 0 radical (unpaired) electrons. The maximum Gasteiger partial charge on any atom is 0.325 e. The molecule has 1 aromatic rings. The second-order valence-corrected chi connectivity index (χ2v) is 3.29. The number of carbonyl (C=O) groups is 2. The Balaban J connectivity index is 2.94. The Hall–Kier alpha value is -2.05. The average molecular weight is 247 g/mol. The first-order chi connectivity index (χ1) is 7.82. The first-order valence-electron chi connectivity index (χ1n) is 4.51. The van der Waals surface area contributed by atoms with Gasteiger partial charge in [-0.05, 0) is 19.1 Å². The van der Waals surface area contributed by atoms with Crippen LogP contribution in [0, 0.1) is 17.5 Å². The lowest BCUT2D eigenvalue weighted by atomic mass is 10.2. The highest BCUT2D eigenvalue weighted by Crippen LogP contribution is 2.13. The van der Waals surface area contributed by atoms with Crippen molar-refractivity contribution in [2.24, 2.45) is 0 Å². The molecule has 1 atom stereocenters. The Morgan fingerprint density at radius 3 is 2.12 bits per heavy atom. The third-order valence-corrected chi connectivity index (χ3v) is 1.96. The van der Waals surface area contributed by atoms with Gasteiger partial charge in [0.15, 0.2) is 17.5 Å². The summed E-state index contributed by atoms with van der Waals surface area (Å²) in [4.78, 5) is 21.8. The Bertz CT molecular complexity index is 453. The van der Waals surface area contributed by atoms with Crippen molar-refractivity contribution in [3.63, 3.8) is 0 Å². The fourth-order valence-corrected chi connectivity index (χ4v) is 1.03. The van der Waals surface area contributed by atoms with Gasteiger partial charge in [-0.2, -0.15) is 0 Å². The lowest BCUT2D eigenvalue weighted by Crippen LogP contribution is -2.38. The van der Waals surface area contributed by atoms with Gasteiger partial charge in [-0.15, -0.1) is 0 Å². The first kappa shape index (κ1) is 13.0. The zero-order chi connectivity index (χ0) is 13.2. The van der Waals surface area contributed by atoms with Crippen molar-refractivity contribution in [3.8, 4) is 0 Å². The Labute approximate surface area is 94.1 Å². The van der Waals surface area contributed by atoms with Gasteiger partial charge in [0.2, 0.25) is 0 Å². The minimum atomic E-state index is -1.69. The lowest BCUT2D eigenvalue weighted by Gasteiger charge is -2.09. The number of carbonyl (C=O) groups excluding carboxylic acids is 1. The number of rotatable bonds is 3. The topological polar surface area (TPSA) is 66.4 Å². The molecule has 0 spiro atoms. The van der Waals surface area contributed by atoms with Gasteiger partial charge in [0.05, 0.1) is 0 Å². The molecule has 2 N–H and O–H groups in total. The molecule has 0 aromatic heterocycles. The highest BCUT2D eigenvalue weighted by atomic mass is 19.2. The van der Waals surface area contributed by atoms with E-state index in [1.165, 1.54) is 6.92 Å². The van der Waals surface area contributed by atoms with E-state index in [0.29, 0.717) is 12.1 Å². The Kier molecular flexibility index (Phi) is 3.72. The Morgan fingerprint density at radius 2 is 1.71 bits per heavy atom. The van der Waals surface area contributed by atoms with Crippen molar-refractivity contribution in [1.29, 1.82) is 0 Å². The van der Waals surface area contributed by atoms with Gasteiger partial charge in [0, 0.05) is 5.56 Å². The molecule has 0 aliphatic heterocycles. The van der Waals surface area contributed by atoms with Gasteiger partial charge >= 0.3 is 5.97 Å². The molecule has 0 aliphatic rings. The van der Waals surface area contributed by atoms with Crippen LogP contribution in [0.25, 0.3) is 0 Å². The van der Waals surface area contributed by atoms with Crippen LogP contribution in [0.3, 0.4) is 0 Å². The van der Waals surface area contributed by atoms with Crippen molar-refractivity contribution < 1.29 is 27.9 Å². The molecule has 0 aliphatic carbocycles. The summed E-state index contributed by atoms with van der Waals surface area (Å²) in [6.45, 7) is 1.18. The van der Waals surface area contributed by atoms with Crippen molar-refractivity contribution in [2.75, 3.05) is 0 Å². The summed E-state index contributed by atoms with van der Waals surface area (Å²) in [7, 11) is 0. The number of carboxylic acids is 1. The molecule has 4 nitrogen and oxygen atoms in total. The van der Waals surface area contributed by atoms with E-state index in [-0.39, 0.29) is 0 Å². The van der Waals surface area contributed by atoms with Crippen molar-refractivity contribution in [1.82, 2.24) is 5.32 Å². The van der Waals surface area contributed by atoms with E-state index < -0.39 is 40.9 Å². The van der Waals surface area contributed by atoms with Crippen LogP contribution in [-0.2, 0) is 4.79 Å². The molecule has 0 heterocycles. The summed E-state index contributed by atoms with van der Waals surface area (Å²) < 4.78 is 38.2. The van der Waals surface area contributed by atoms with E-state index in [1.54, 1.807) is 0 Å². The van der Waals surface area contributed by atoms with Crippen molar-refractivity contribution >= 4 is 11.9 Å². The average Bonchev–Trinajstić information content (AvgIpc) is 2.24. The number of amides is 1. The van der Waals surface area contributed by atoms with Gasteiger partial charge in [-0.25, -0.2) is 13.2 Å². The van der Waals surface area contributed by atoms with E-state index in [4.69, 9.17) is 5.11 Å². The van der Waals surface area contributed by atoms with Crippen LogP contribution in [0.4, 0.5) is 13.2 Å². The number of halogens is 3. The third kappa shape index (κ3) is 2.96. The SMILES string of the molecule is C[C@@H](NC(=O)c1cc(F)c(F)c(F)c1)C(=O)O. The maximum atomic E-state index is 12.8. The number of hydrogen-bond donors (Lipinski definition) is 2. The predicted octanol–water partition coefficient (Wildman–Crippen LogP) is 1.31. The molecule has 0 unspecified atom stereocenters. The molecular weight excluding hydrogens is 239 g/mol. The number of carboxylic acid groups (broad SMARTS) is 1. The normalized spacial score (nSPS) is 12.0. The van der Waals surface area contributed by atoms with Crippen LogP contribution in [0.2, 0.25) is 0 Å². The molecule has 1 amide bonds. The molecule has 92 valence electrons. The predicted molar refractivity (Wildman–Crippen MR) is 50.9 cm³/mol. The quantitative estimate of drug-likeness (QED) is 0.791. The molecular formula is C10H8F3NO3. The first-order valence-corrected chi connectivity index (χ1v) is 4.51. The second kappa shape index (κ2) is 4.86. The van der Waals surface area contributed by atoms with Gasteiger partial charge in [-0.3, -0.25) is 9.59 Å². The molecule has 17 heavy (non-hydrogen) atoms. The van der Waals surface area contributed by atoms with Gasteiger partial charge < -0.3 is 10.4 Å². The van der Waals surface area contributed by atoms with Crippen LogP contribution in [0.15, 0.2) is 12.1 Å². The largest absolute Gasteiger partial charge is 0.480 e. The third-order valence-electron chi connectivity index (χ3n) is 1.96. The summed E-state index contributed by atoms with van der Waals surface area (Å²) >= 11 is 0. The van der Waals surface area contributed by atoms with Gasteiger partial charge in [0.25, 0.3) is 5.91 Å². The summed E-state index contributed by atoms with van der Waals surface area (Å²) in [6.07, 6.45) is 0. The minimum Gasteiger partial charge on any atom is -0.480 e. The van der Waals surface area contributed by atoms with Crippen LogP contribution in [-0.4, -0.2) is 23.0 Å². The zero-order valence-corrected chi connectivity index (χ0v) is 8.63. The second-order valence-electron chi connectivity index (χ2n) is 3.29. The fraction of sp³-hybridized carbons (Fsp3) is 0.200. The van der Waals surface area contributed by atoms with E-state index in [1.807, 2.05) is 5.32 Å². The highest BCUT2D eigenvalue weighted by molar-refractivity contribution is 5.96.